The number of alkyl halides is 2. The molecule has 1 heterocycles. The topological polar surface area (TPSA) is 65.2 Å². The van der Waals surface area contributed by atoms with Crippen LogP contribution in [0.1, 0.15) is 22.5 Å². The average molecular weight is 220 g/mol. The summed E-state index contributed by atoms with van der Waals surface area (Å²) in [5.74, 6) is -2.19. The van der Waals surface area contributed by atoms with E-state index in [-0.39, 0.29) is 0 Å². The molecule has 0 aromatic carbocycles. The highest BCUT2D eigenvalue weighted by Crippen LogP contribution is 2.29. The Labute approximate surface area is 82.9 Å². The van der Waals surface area contributed by atoms with Crippen LogP contribution < -0.4 is 5.73 Å². The van der Waals surface area contributed by atoms with Gasteiger partial charge in [-0.2, -0.15) is 0 Å². The van der Waals surface area contributed by atoms with Gasteiger partial charge in [-0.1, -0.05) is 0 Å². The SMILES string of the molecule is COC(=O)c1ncc(F)c(N)c1C(F)F. The van der Waals surface area contributed by atoms with E-state index in [1.807, 2.05) is 0 Å². The maximum Gasteiger partial charge on any atom is 0.357 e. The number of halogens is 3. The summed E-state index contributed by atoms with van der Waals surface area (Å²) in [6.45, 7) is 0. The lowest BCUT2D eigenvalue weighted by atomic mass is 10.1. The zero-order chi connectivity index (χ0) is 11.6. The molecule has 15 heavy (non-hydrogen) atoms. The monoisotopic (exact) mass is 220 g/mol. The molecular weight excluding hydrogens is 213 g/mol. The fourth-order valence-electron chi connectivity index (χ4n) is 0.997. The number of carbonyl (C=O) groups excluding carboxylic acids is 1. The predicted molar refractivity (Wildman–Crippen MR) is 44.9 cm³/mol. The highest BCUT2D eigenvalue weighted by molar-refractivity contribution is 5.90. The maximum absolute atomic E-state index is 12.8. The van der Waals surface area contributed by atoms with Crippen molar-refractivity contribution in [3.63, 3.8) is 0 Å². The normalized spacial score (nSPS) is 10.5. The smallest absolute Gasteiger partial charge is 0.357 e. The van der Waals surface area contributed by atoms with Crippen LogP contribution in [0.4, 0.5) is 18.9 Å². The van der Waals surface area contributed by atoms with Gasteiger partial charge in [-0.3, -0.25) is 0 Å². The van der Waals surface area contributed by atoms with Gasteiger partial charge in [-0.05, 0) is 0 Å². The first-order chi connectivity index (χ1) is 6.99. The second-order valence-electron chi connectivity index (χ2n) is 2.57. The van der Waals surface area contributed by atoms with Crippen LogP contribution in [-0.2, 0) is 4.74 Å². The molecular formula is C8H7F3N2O2. The molecule has 0 spiro atoms. The lowest BCUT2D eigenvalue weighted by Gasteiger charge is -2.09. The van der Waals surface area contributed by atoms with Gasteiger partial charge in [0.15, 0.2) is 11.5 Å². The van der Waals surface area contributed by atoms with Crippen molar-refractivity contribution < 1.29 is 22.7 Å². The molecule has 0 aliphatic heterocycles. The molecule has 0 aliphatic rings. The summed E-state index contributed by atoms with van der Waals surface area (Å²) in [6, 6.07) is 0. The van der Waals surface area contributed by atoms with Crippen LogP contribution in [0.5, 0.6) is 0 Å². The molecule has 0 saturated carbocycles. The van der Waals surface area contributed by atoms with Gasteiger partial charge in [-0.25, -0.2) is 22.9 Å². The number of hydrogen-bond donors (Lipinski definition) is 1. The number of carbonyl (C=O) groups is 1. The van der Waals surface area contributed by atoms with E-state index in [1.54, 1.807) is 0 Å². The van der Waals surface area contributed by atoms with Gasteiger partial charge < -0.3 is 10.5 Å². The molecule has 0 radical (unpaired) electrons. The van der Waals surface area contributed by atoms with Crippen molar-refractivity contribution in [1.29, 1.82) is 0 Å². The summed E-state index contributed by atoms with van der Waals surface area (Å²) in [4.78, 5) is 14.2. The number of nitrogens with zero attached hydrogens (tertiary/aromatic N) is 1. The van der Waals surface area contributed by atoms with Crippen LogP contribution in [-0.4, -0.2) is 18.1 Å². The lowest BCUT2D eigenvalue weighted by molar-refractivity contribution is 0.0581. The Morgan fingerprint density at radius 1 is 1.60 bits per heavy atom. The highest BCUT2D eigenvalue weighted by atomic mass is 19.3. The average Bonchev–Trinajstić information content (AvgIpc) is 2.20. The Kier molecular flexibility index (Phi) is 3.13. The first-order valence-corrected chi connectivity index (χ1v) is 3.79. The van der Waals surface area contributed by atoms with Crippen LogP contribution in [0.3, 0.4) is 0 Å². The van der Waals surface area contributed by atoms with Crippen LogP contribution >= 0.6 is 0 Å². The number of esters is 1. The minimum absolute atomic E-state index is 0.591. The quantitative estimate of drug-likeness (QED) is 0.767. The molecule has 0 saturated heterocycles. The summed E-state index contributed by atoms with van der Waals surface area (Å²) in [7, 11) is 0.999. The third-order valence-electron chi connectivity index (χ3n) is 1.71. The molecule has 0 aliphatic carbocycles. The van der Waals surface area contributed by atoms with E-state index in [0.29, 0.717) is 6.20 Å². The molecule has 0 amide bonds. The van der Waals surface area contributed by atoms with E-state index in [4.69, 9.17) is 5.73 Å². The number of hydrogen-bond acceptors (Lipinski definition) is 4. The third-order valence-corrected chi connectivity index (χ3v) is 1.71. The molecule has 1 aromatic rings. The molecule has 0 bridgehead atoms. The zero-order valence-corrected chi connectivity index (χ0v) is 7.63. The van der Waals surface area contributed by atoms with E-state index >= 15 is 0 Å². The van der Waals surface area contributed by atoms with Gasteiger partial charge in [0.1, 0.15) is 0 Å². The van der Waals surface area contributed by atoms with E-state index < -0.39 is 35.2 Å². The van der Waals surface area contributed by atoms with Crippen molar-refractivity contribution >= 4 is 11.7 Å². The number of nitrogens with two attached hydrogens (primary N) is 1. The number of rotatable bonds is 2. The molecule has 4 nitrogen and oxygen atoms in total. The second-order valence-corrected chi connectivity index (χ2v) is 2.57. The molecule has 1 rings (SSSR count). The first kappa shape index (κ1) is 11.3. The number of ether oxygens (including phenoxy) is 1. The fraction of sp³-hybridized carbons (Fsp3) is 0.250. The number of methoxy groups -OCH3 is 1. The lowest BCUT2D eigenvalue weighted by Crippen LogP contribution is -2.12. The number of nitrogen functional groups attached to an aromatic ring is 1. The maximum atomic E-state index is 12.8. The Balaban J connectivity index is 3.40. The van der Waals surface area contributed by atoms with E-state index in [1.165, 1.54) is 0 Å². The highest BCUT2D eigenvalue weighted by Gasteiger charge is 2.25. The number of anilines is 1. The third kappa shape index (κ3) is 2.00. The summed E-state index contributed by atoms with van der Waals surface area (Å²) in [5.41, 5.74) is 2.67. The number of pyridine rings is 1. The predicted octanol–water partition coefficient (Wildman–Crippen LogP) is 1.53. The molecule has 7 heteroatoms. The van der Waals surface area contributed by atoms with Gasteiger partial charge in [0.2, 0.25) is 0 Å². The minimum Gasteiger partial charge on any atom is -0.464 e. The molecule has 0 fully saturated rings. The largest absolute Gasteiger partial charge is 0.464 e. The molecule has 0 unspecified atom stereocenters. The van der Waals surface area contributed by atoms with Crippen LogP contribution in [0.15, 0.2) is 6.20 Å². The molecule has 0 atom stereocenters. The van der Waals surface area contributed by atoms with E-state index in [0.717, 1.165) is 7.11 Å². The van der Waals surface area contributed by atoms with Crippen molar-refractivity contribution in [2.45, 2.75) is 6.43 Å². The van der Waals surface area contributed by atoms with Crippen LogP contribution in [0.25, 0.3) is 0 Å². The van der Waals surface area contributed by atoms with Crippen LogP contribution in [0, 0.1) is 5.82 Å². The van der Waals surface area contributed by atoms with Crippen LogP contribution in [0.2, 0.25) is 0 Å². The Morgan fingerprint density at radius 3 is 2.67 bits per heavy atom. The summed E-state index contributed by atoms with van der Waals surface area (Å²) >= 11 is 0. The zero-order valence-electron chi connectivity index (χ0n) is 7.63. The van der Waals surface area contributed by atoms with Gasteiger partial charge in [-0.15, -0.1) is 0 Å². The van der Waals surface area contributed by atoms with Gasteiger partial charge in [0.05, 0.1) is 24.6 Å². The second kappa shape index (κ2) is 4.16. The summed E-state index contributed by atoms with van der Waals surface area (Å²) in [6.07, 6.45) is -2.50. The summed E-state index contributed by atoms with van der Waals surface area (Å²) < 4.78 is 42.0. The van der Waals surface area contributed by atoms with Crippen molar-refractivity contribution in [3.8, 4) is 0 Å². The van der Waals surface area contributed by atoms with Gasteiger partial charge >= 0.3 is 5.97 Å². The molecule has 2 N–H and O–H groups in total. The van der Waals surface area contributed by atoms with Crippen molar-refractivity contribution in [2.24, 2.45) is 0 Å². The standard InChI is InChI=1S/C8H7F3N2O2/c1-15-8(14)6-4(7(10)11)5(12)3(9)2-13-6/h2,7H,1H3,(H2,12,13). The Hall–Kier alpha value is -1.79. The van der Waals surface area contributed by atoms with E-state index in [2.05, 4.69) is 9.72 Å². The Morgan fingerprint density at radius 2 is 2.20 bits per heavy atom. The van der Waals surface area contributed by atoms with Gasteiger partial charge in [0.25, 0.3) is 6.43 Å². The number of aromatic nitrogens is 1. The van der Waals surface area contributed by atoms with Gasteiger partial charge in [0, 0.05) is 0 Å². The van der Waals surface area contributed by atoms with Crippen molar-refractivity contribution in [3.05, 3.63) is 23.3 Å². The molecule has 1 aromatic heterocycles. The Bertz CT molecular complexity index is 396. The molecule has 82 valence electrons. The first-order valence-electron chi connectivity index (χ1n) is 3.79. The van der Waals surface area contributed by atoms with Crippen molar-refractivity contribution in [1.82, 2.24) is 4.98 Å². The summed E-state index contributed by atoms with van der Waals surface area (Å²) in [5, 5.41) is 0. The minimum atomic E-state index is -3.10. The van der Waals surface area contributed by atoms with E-state index in [9.17, 15) is 18.0 Å². The fourth-order valence-corrected chi connectivity index (χ4v) is 0.997. The van der Waals surface area contributed by atoms with Crippen molar-refractivity contribution in [2.75, 3.05) is 12.8 Å².